The molecule has 7 nitrogen and oxygen atoms in total. The van der Waals surface area contributed by atoms with Crippen molar-refractivity contribution in [3.05, 3.63) is 24.3 Å². The van der Waals surface area contributed by atoms with E-state index in [1.54, 1.807) is 29.2 Å². The quantitative estimate of drug-likeness (QED) is 0.743. The molecule has 2 rings (SSSR count). The van der Waals surface area contributed by atoms with Gasteiger partial charge in [-0.25, -0.2) is 8.42 Å². The maximum atomic E-state index is 12.3. The van der Waals surface area contributed by atoms with Crippen LogP contribution in [-0.4, -0.2) is 56.7 Å². The second kappa shape index (κ2) is 8.06. The summed E-state index contributed by atoms with van der Waals surface area (Å²) < 4.78 is 23.0. The van der Waals surface area contributed by atoms with Gasteiger partial charge in [0.2, 0.25) is 5.91 Å². The fourth-order valence-electron chi connectivity index (χ4n) is 2.82. The summed E-state index contributed by atoms with van der Waals surface area (Å²) in [5, 5.41) is 15.6. The molecule has 0 radical (unpaired) electrons. The SMILES string of the molecule is CC(C)(CNc1ccc(S(C)(=O)=O)cc1)NCC(=O)N1CCC[C@H]1C#N. The van der Waals surface area contributed by atoms with Crippen molar-refractivity contribution in [2.45, 2.75) is 43.2 Å². The van der Waals surface area contributed by atoms with E-state index < -0.39 is 9.84 Å². The van der Waals surface area contributed by atoms with Gasteiger partial charge in [0.1, 0.15) is 6.04 Å². The molecule has 1 aromatic carbocycles. The lowest BCUT2D eigenvalue weighted by molar-refractivity contribution is -0.130. The largest absolute Gasteiger partial charge is 0.383 e. The second-order valence-electron chi connectivity index (χ2n) is 7.26. The highest BCUT2D eigenvalue weighted by Gasteiger charge is 2.29. The summed E-state index contributed by atoms with van der Waals surface area (Å²) in [5.41, 5.74) is 0.454. The summed E-state index contributed by atoms with van der Waals surface area (Å²) in [6.45, 7) is 5.33. The van der Waals surface area contributed by atoms with Gasteiger partial charge >= 0.3 is 0 Å². The first-order valence-electron chi connectivity index (χ1n) is 8.60. The van der Waals surface area contributed by atoms with Crippen LogP contribution in [0.5, 0.6) is 0 Å². The Hall–Kier alpha value is -2.11. The Labute approximate surface area is 155 Å². The highest BCUT2D eigenvalue weighted by Crippen LogP contribution is 2.17. The number of nitriles is 1. The van der Waals surface area contributed by atoms with Crippen molar-refractivity contribution in [1.82, 2.24) is 10.2 Å². The molecule has 8 heteroatoms. The molecule has 1 atom stereocenters. The molecule has 1 fully saturated rings. The van der Waals surface area contributed by atoms with Crippen molar-refractivity contribution in [1.29, 1.82) is 5.26 Å². The third kappa shape index (κ3) is 5.44. The van der Waals surface area contributed by atoms with Crippen LogP contribution in [0.4, 0.5) is 5.69 Å². The molecule has 1 heterocycles. The molecule has 0 bridgehead atoms. The number of likely N-dealkylation sites (tertiary alicyclic amines) is 1. The minimum atomic E-state index is -3.20. The van der Waals surface area contributed by atoms with Gasteiger partial charge in [0, 0.05) is 30.6 Å². The van der Waals surface area contributed by atoms with E-state index in [0.717, 1.165) is 18.5 Å². The van der Waals surface area contributed by atoms with Crippen molar-refractivity contribution in [2.24, 2.45) is 0 Å². The number of rotatable bonds is 7. The van der Waals surface area contributed by atoms with Crippen LogP contribution in [-0.2, 0) is 14.6 Å². The third-order valence-corrected chi connectivity index (χ3v) is 5.59. The molecule has 142 valence electrons. The topological polar surface area (TPSA) is 102 Å². The smallest absolute Gasteiger partial charge is 0.237 e. The molecule has 0 saturated carbocycles. The molecule has 0 aromatic heterocycles. The minimum Gasteiger partial charge on any atom is -0.383 e. The third-order valence-electron chi connectivity index (χ3n) is 4.46. The van der Waals surface area contributed by atoms with Crippen molar-refractivity contribution >= 4 is 21.4 Å². The molecule has 0 spiro atoms. The highest BCUT2D eigenvalue weighted by atomic mass is 32.2. The molecule has 0 unspecified atom stereocenters. The monoisotopic (exact) mass is 378 g/mol. The molecule has 1 aliphatic heterocycles. The Morgan fingerprint density at radius 1 is 1.35 bits per heavy atom. The summed E-state index contributed by atoms with van der Waals surface area (Å²) in [6, 6.07) is 8.45. The first-order chi connectivity index (χ1) is 12.1. The number of hydrogen-bond donors (Lipinski definition) is 2. The van der Waals surface area contributed by atoms with E-state index in [1.165, 1.54) is 6.26 Å². The number of sulfone groups is 1. The van der Waals surface area contributed by atoms with Crippen molar-refractivity contribution in [2.75, 3.05) is 31.2 Å². The summed E-state index contributed by atoms with van der Waals surface area (Å²) >= 11 is 0. The summed E-state index contributed by atoms with van der Waals surface area (Å²) in [6.07, 6.45) is 2.80. The molecule has 26 heavy (non-hydrogen) atoms. The van der Waals surface area contributed by atoms with Crippen LogP contribution in [0.1, 0.15) is 26.7 Å². The van der Waals surface area contributed by atoms with Crippen LogP contribution < -0.4 is 10.6 Å². The number of nitrogens with one attached hydrogen (secondary N) is 2. The van der Waals surface area contributed by atoms with E-state index in [4.69, 9.17) is 5.26 Å². The van der Waals surface area contributed by atoms with E-state index in [2.05, 4.69) is 16.7 Å². The van der Waals surface area contributed by atoms with Crippen LogP contribution in [0.25, 0.3) is 0 Å². The Kier molecular flexibility index (Phi) is 6.26. The Morgan fingerprint density at radius 2 is 2.00 bits per heavy atom. The minimum absolute atomic E-state index is 0.0559. The van der Waals surface area contributed by atoms with Crippen LogP contribution in [0, 0.1) is 11.3 Å². The van der Waals surface area contributed by atoms with Gasteiger partial charge < -0.3 is 15.5 Å². The molecular formula is C18H26N4O3S. The normalized spacial score (nSPS) is 17.8. The zero-order chi connectivity index (χ0) is 19.4. The van der Waals surface area contributed by atoms with Crippen LogP contribution >= 0.6 is 0 Å². The van der Waals surface area contributed by atoms with Gasteiger partial charge in [0.15, 0.2) is 9.84 Å². The number of nitrogens with zero attached hydrogens (tertiary/aromatic N) is 2. The number of amides is 1. The average molecular weight is 378 g/mol. The van der Waals surface area contributed by atoms with Crippen LogP contribution in [0.2, 0.25) is 0 Å². The van der Waals surface area contributed by atoms with Gasteiger partial charge in [-0.1, -0.05) is 0 Å². The van der Waals surface area contributed by atoms with Gasteiger partial charge in [-0.3, -0.25) is 4.79 Å². The number of hydrogen-bond acceptors (Lipinski definition) is 6. The lowest BCUT2D eigenvalue weighted by Crippen LogP contribution is -2.50. The maximum absolute atomic E-state index is 12.3. The van der Waals surface area contributed by atoms with E-state index in [0.29, 0.717) is 13.1 Å². The number of carbonyl (C=O) groups excluding carboxylic acids is 1. The molecule has 1 amide bonds. The first-order valence-corrected chi connectivity index (χ1v) is 10.5. The number of anilines is 1. The Bertz CT molecular complexity index is 782. The zero-order valence-corrected chi connectivity index (χ0v) is 16.3. The second-order valence-corrected chi connectivity index (χ2v) is 9.28. The van der Waals surface area contributed by atoms with Gasteiger partial charge in [-0.15, -0.1) is 0 Å². The average Bonchev–Trinajstić information content (AvgIpc) is 3.06. The molecule has 1 aliphatic rings. The standard InChI is InChI=1S/C18H26N4O3S/c1-18(2,21-12-17(23)22-10-4-5-15(22)11-19)13-20-14-6-8-16(9-7-14)26(3,24)25/h6-9,15,20-21H,4-5,10,12-13H2,1-3H3/t15-/m0/s1. The van der Waals surface area contributed by atoms with Crippen molar-refractivity contribution in [3.8, 4) is 6.07 Å². The lowest BCUT2D eigenvalue weighted by Gasteiger charge is -2.29. The fraction of sp³-hybridized carbons (Fsp3) is 0.556. The summed E-state index contributed by atoms with van der Waals surface area (Å²) in [5.74, 6) is -0.0559. The highest BCUT2D eigenvalue weighted by molar-refractivity contribution is 7.90. The number of carbonyl (C=O) groups is 1. The molecule has 1 saturated heterocycles. The predicted octanol–water partition coefficient (Wildman–Crippen LogP) is 1.38. The Balaban J connectivity index is 1.85. The van der Waals surface area contributed by atoms with E-state index in [9.17, 15) is 13.2 Å². The van der Waals surface area contributed by atoms with Crippen molar-refractivity contribution < 1.29 is 13.2 Å². The fourth-order valence-corrected chi connectivity index (χ4v) is 3.45. The van der Waals surface area contributed by atoms with Crippen molar-refractivity contribution in [3.63, 3.8) is 0 Å². The molecule has 2 N–H and O–H groups in total. The zero-order valence-electron chi connectivity index (χ0n) is 15.4. The van der Waals surface area contributed by atoms with E-state index in [1.807, 2.05) is 13.8 Å². The van der Waals surface area contributed by atoms with Gasteiger partial charge in [-0.05, 0) is 51.0 Å². The number of benzene rings is 1. The van der Waals surface area contributed by atoms with Gasteiger partial charge in [-0.2, -0.15) is 5.26 Å². The summed E-state index contributed by atoms with van der Waals surface area (Å²) in [4.78, 5) is 14.2. The molecular weight excluding hydrogens is 352 g/mol. The van der Waals surface area contributed by atoms with Gasteiger partial charge in [0.05, 0.1) is 17.5 Å². The predicted molar refractivity (Wildman–Crippen MR) is 100 cm³/mol. The van der Waals surface area contributed by atoms with Crippen LogP contribution in [0.3, 0.4) is 0 Å². The Morgan fingerprint density at radius 3 is 2.58 bits per heavy atom. The molecule has 1 aromatic rings. The maximum Gasteiger partial charge on any atom is 0.237 e. The van der Waals surface area contributed by atoms with E-state index >= 15 is 0 Å². The summed E-state index contributed by atoms with van der Waals surface area (Å²) in [7, 11) is -3.20. The lowest BCUT2D eigenvalue weighted by atomic mass is 10.1. The van der Waals surface area contributed by atoms with Gasteiger partial charge in [0.25, 0.3) is 0 Å². The van der Waals surface area contributed by atoms with E-state index in [-0.39, 0.29) is 28.9 Å². The molecule has 0 aliphatic carbocycles. The van der Waals surface area contributed by atoms with Crippen LogP contribution in [0.15, 0.2) is 29.2 Å². The first kappa shape index (κ1) is 20.2.